The number of esters is 1. The van der Waals surface area contributed by atoms with Crippen LogP contribution >= 0.6 is 0 Å². The first-order valence-corrected chi connectivity index (χ1v) is 7.36. The first-order chi connectivity index (χ1) is 9.60. The van der Waals surface area contributed by atoms with Gasteiger partial charge < -0.3 is 14.8 Å². The lowest BCUT2D eigenvalue weighted by Gasteiger charge is -2.38. The van der Waals surface area contributed by atoms with E-state index < -0.39 is 0 Å². The molecule has 1 heterocycles. The van der Waals surface area contributed by atoms with Gasteiger partial charge in [0.2, 0.25) is 5.91 Å². The summed E-state index contributed by atoms with van der Waals surface area (Å²) in [4.78, 5) is 25.7. The highest BCUT2D eigenvalue weighted by atomic mass is 16.5. The van der Waals surface area contributed by atoms with Crippen LogP contribution in [0.15, 0.2) is 0 Å². The summed E-state index contributed by atoms with van der Waals surface area (Å²) in [6.45, 7) is 8.42. The van der Waals surface area contributed by atoms with E-state index in [1.54, 1.807) is 6.92 Å². The van der Waals surface area contributed by atoms with E-state index in [0.717, 1.165) is 6.42 Å². The Morgan fingerprint density at radius 3 is 2.85 bits per heavy atom. The van der Waals surface area contributed by atoms with Crippen molar-refractivity contribution in [2.24, 2.45) is 0 Å². The Morgan fingerprint density at radius 2 is 2.20 bits per heavy atom. The molecule has 2 unspecified atom stereocenters. The number of carbonyl (C=O) groups excluding carboxylic acids is 2. The molecule has 6 heteroatoms. The second kappa shape index (κ2) is 8.92. The molecule has 0 aliphatic carbocycles. The van der Waals surface area contributed by atoms with Gasteiger partial charge in [0.15, 0.2) is 0 Å². The van der Waals surface area contributed by atoms with Gasteiger partial charge in [0.05, 0.1) is 26.2 Å². The molecule has 2 atom stereocenters. The molecule has 1 N–H and O–H groups in total. The van der Waals surface area contributed by atoms with E-state index in [1.165, 1.54) is 0 Å². The fraction of sp³-hybridized carbons (Fsp3) is 0.857. The number of morpholine rings is 1. The van der Waals surface area contributed by atoms with E-state index in [9.17, 15) is 9.59 Å². The molecule has 0 aromatic carbocycles. The van der Waals surface area contributed by atoms with Crippen molar-refractivity contribution in [3.8, 4) is 0 Å². The molecule has 0 aromatic heterocycles. The van der Waals surface area contributed by atoms with Crippen LogP contribution in [0.25, 0.3) is 0 Å². The fourth-order valence-electron chi connectivity index (χ4n) is 2.31. The van der Waals surface area contributed by atoms with Crippen LogP contribution in [0.3, 0.4) is 0 Å². The molecule has 0 bridgehead atoms. The number of amides is 1. The Balaban J connectivity index is 2.58. The van der Waals surface area contributed by atoms with Gasteiger partial charge in [-0.15, -0.1) is 0 Å². The van der Waals surface area contributed by atoms with Gasteiger partial charge in [-0.3, -0.25) is 14.5 Å². The molecule has 1 saturated heterocycles. The molecule has 20 heavy (non-hydrogen) atoms. The number of hydrogen-bond acceptors (Lipinski definition) is 5. The van der Waals surface area contributed by atoms with E-state index in [-0.39, 0.29) is 24.0 Å². The molecule has 1 fully saturated rings. The quantitative estimate of drug-likeness (QED) is 0.692. The predicted molar refractivity (Wildman–Crippen MR) is 75.3 cm³/mol. The Bertz CT molecular complexity index is 322. The van der Waals surface area contributed by atoms with Crippen LogP contribution in [-0.2, 0) is 19.1 Å². The second-order valence-corrected chi connectivity index (χ2v) is 4.98. The third-order valence-electron chi connectivity index (χ3n) is 3.36. The zero-order chi connectivity index (χ0) is 15.0. The molecule has 116 valence electrons. The smallest absolute Gasteiger partial charge is 0.307 e. The lowest BCUT2D eigenvalue weighted by molar-refractivity contribution is -0.147. The van der Waals surface area contributed by atoms with Gasteiger partial charge in [0.25, 0.3) is 0 Å². The zero-order valence-corrected chi connectivity index (χ0v) is 12.7. The molecular formula is C14H26N2O4. The van der Waals surface area contributed by atoms with Crippen LogP contribution in [0.4, 0.5) is 0 Å². The number of hydrogen-bond donors (Lipinski definition) is 1. The zero-order valence-electron chi connectivity index (χ0n) is 12.7. The Kier molecular flexibility index (Phi) is 7.54. The minimum absolute atomic E-state index is 0.0257. The minimum Gasteiger partial charge on any atom is -0.466 e. The Labute approximate surface area is 120 Å². The molecule has 1 aliphatic heterocycles. The van der Waals surface area contributed by atoms with Crippen molar-refractivity contribution in [1.82, 2.24) is 10.2 Å². The van der Waals surface area contributed by atoms with Crippen LogP contribution < -0.4 is 5.32 Å². The molecular weight excluding hydrogens is 260 g/mol. The highest BCUT2D eigenvalue weighted by Gasteiger charge is 2.33. The van der Waals surface area contributed by atoms with Crippen LogP contribution in [-0.4, -0.2) is 61.8 Å². The maximum Gasteiger partial charge on any atom is 0.307 e. The van der Waals surface area contributed by atoms with Crippen LogP contribution in [0.5, 0.6) is 0 Å². The van der Waals surface area contributed by atoms with Gasteiger partial charge in [-0.2, -0.15) is 0 Å². The van der Waals surface area contributed by atoms with Gasteiger partial charge >= 0.3 is 5.97 Å². The highest BCUT2D eigenvalue weighted by Crippen LogP contribution is 2.14. The van der Waals surface area contributed by atoms with Crippen molar-refractivity contribution in [1.29, 1.82) is 0 Å². The standard InChI is InChI=1S/C14H26N2O4/c1-4-6-15-14(18)12-10-19-8-7-16(12)11(3)9-13(17)20-5-2/h11-12H,4-10H2,1-3H3,(H,15,18). The number of nitrogens with zero attached hydrogens (tertiary/aromatic N) is 1. The average Bonchev–Trinajstić information content (AvgIpc) is 2.44. The normalized spacial score (nSPS) is 21.2. The molecule has 0 radical (unpaired) electrons. The molecule has 6 nitrogen and oxygen atoms in total. The third-order valence-corrected chi connectivity index (χ3v) is 3.36. The van der Waals surface area contributed by atoms with E-state index in [2.05, 4.69) is 5.32 Å². The molecule has 0 spiro atoms. The molecule has 1 rings (SSSR count). The van der Waals surface area contributed by atoms with Gasteiger partial charge in [0.1, 0.15) is 6.04 Å². The van der Waals surface area contributed by atoms with Crippen LogP contribution in [0, 0.1) is 0 Å². The first kappa shape index (κ1) is 16.9. The molecule has 1 aliphatic rings. The second-order valence-electron chi connectivity index (χ2n) is 4.98. The van der Waals surface area contributed by atoms with Crippen LogP contribution in [0.2, 0.25) is 0 Å². The summed E-state index contributed by atoms with van der Waals surface area (Å²) >= 11 is 0. The summed E-state index contributed by atoms with van der Waals surface area (Å²) < 4.78 is 10.4. The average molecular weight is 286 g/mol. The van der Waals surface area contributed by atoms with E-state index in [0.29, 0.717) is 39.3 Å². The van der Waals surface area contributed by atoms with Crippen molar-refractivity contribution in [3.05, 3.63) is 0 Å². The highest BCUT2D eigenvalue weighted by molar-refractivity contribution is 5.82. The summed E-state index contributed by atoms with van der Waals surface area (Å²) in [6.07, 6.45) is 1.20. The van der Waals surface area contributed by atoms with Crippen LogP contribution in [0.1, 0.15) is 33.6 Å². The fourth-order valence-corrected chi connectivity index (χ4v) is 2.31. The van der Waals surface area contributed by atoms with Gasteiger partial charge in [-0.05, 0) is 20.3 Å². The molecule has 0 saturated carbocycles. The number of nitrogens with one attached hydrogen (secondary N) is 1. The summed E-state index contributed by atoms with van der Waals surface area (Å²) in [7, 11) is 0. The summed E-state index contributed by atoms with van der Waals surface area (Å²) in [5, 5.41) is 2.89. The lowest BCUT2D eigenvalue weighted by atomic mass is 10.1. The van der Waals surface area contributed by atoms with Crippen molar-refractivity contribution >= 4 is 11.9 Å². The first-order valence-electron chi connectivity index (χ1n) is 7.36. The minimum atomic E-state index is -0.320. The maximum absolute atomic E-state index is 12.1. The van der Waals surface area contributed by atoms with Crippen molar-refractivity contribution in [2.45, 2.75) is 45.7 Å². The van der Waals surface area contributed by atoms with E-state index in [4.69, 9.17) is 9.47 Å². The number of rotatable bonds is 7. The molecule has 1 amide bonds. The Hall–Kier alpha value is -1.14. The third kappa shape index (κ3) is 5.09. The largest absolute Gasteiger partial charge is 0.466 e. The molecule has 0 aromatic rings. The number of ether oxygens (including phenoxy) is 2. The van der Waals surface area contributed by atoms with Gasteiger partial charge in [0, 0.05) is 19.1 Å². The van der Waals surface area contributed by atoms with E-state index in [1.807, 2.05) is 18.7 Å². The van der Waals surface area contributed by atoms with Crippen molar-refractivity contribution < 1.29 is 19.1 Å². The lowest BCUT2D eigenvalue weighted by Crippen LogP contribution is -2.57. The monoisotopic (exact) mass is 286 g/mol. The Morgan fingerprint density at radius 1 is 1.45 bits per heavy atom. The number of carbonyl (C=O) groups is 2. The van der Waals surface area contributed by atoms with Gasteiger partial charge in [-0.1, -0.05) is 6.92 Å². The SMILES string of the molecule is CCCNC(=O)C1COCCN1C(C)CC(=O)OCC. The van der Waals surface area contributed by atoms with Gasteiger partial charge in [-0.25, -0.2) is 0 Å². The predicted octanol–water partition coefficient (Wildman–Crippen LogP) is 0.555. The summed E-state index contributed by atoms with van der Waals surface area (Å²) in [6, 6.07) is -0.352. The topological polar surface area (TPSA) is 67.9 Å². The van der Waals surface area contributed by atoms with Crippen molar-refractivity contribution in [2.75, 3.05) is 32.9 Å². The summed E-state index contributed by atoms with van der Waals surface area (Å²) in [5.74, 6) is -0.249. The van der Waals surface area contributed by atoms with E-state index >= 15 is 0 Å². The maximum atomic E-state index is 12.1. The summed E-state index contributed by atoms with van der Waals surface area (Å²) in [5.41, 5.74) is 0. The van der Waals surface area contributed by atoms with Crippen molar-refractivity contribution in [3.63, 3.8) is 0 Å².